The summed E-state index contributed by atoms with van der Waals surface area (Å²) in [6.07, 6.45) is 3.70. The Morgan fingerprint density at radius 2 is 1.75 bits per heavy atom. The minimum atomic E-state index is -0.159. The molecule has 36 heavy (non-hydrogen) atoms. The van der Waals surface area contributed by atoms with Crippen molar-refractivity contribution in [1.29, 1.82) is 0 Å². The van der Waals surface area contributed by atoms with Gasteiger partial charge in [-0.3, -0.25) is 9.36 Å². The Morgan fingerprint density at radius 1 is 0.944 bits per heavy atom. The summed E-state index contributed by atoms with van der Waals surface area (Å²) in [6, 6.07) is 22.6. The highest BCUT2D eigenvalue weighted by Crippen LogP contribution is 2.41. The molecule has 0 saturated carbocycles. The summed E-state index contributed by atoms with van der Waals surface area (Å²) in [5.41, 5.74) is 5.81. The molecule has 1 saturated heterocycles. The van der Waals surface area contributed by atoms with E-state index in [0.717, 1.165) is 47.9 Å². The van der Waals surface area contributed by atoms with Gasteiger partial charge in [-0.15, -0.1) is 0 Å². The van der Waals surface area contributed by atoms with Gasteiger partial charge >= 0.3 is 0 Å². The molecular weight excluding hydrogens is 470 g/mol. The molecule has 7 heteroatoms. The van der Waals surface area contributed by atoms with Crippen LogP contribution >= 0.6 is 11.3 Å². The van der Waals surface area contributed by atoms with Crippen molar-refractivity contribution in [1.82, 2.24) is 4.57 Å². The van der Waals surface area contributed by atoms with Crippen molar-refractivity contribution in [2.24, 2.45) is 4.99 Å². The molecule has 0 radical (unpaired) electrons. The first-order chi connectivity index (χ1) is 17.8. The SMILES string of the molecule is O=c1/c(=C/c2ccc(N3CCOCC3)o2)sc2n1[C@H](c1ccccc1)C1=C(N=2)c2ccccc2CC1. The highest BCUT2D eigenvalue weighted by molar-refractivity contribution is 7.07. The van der Waals surface area contributed by atoms with E-state index < -0.39 is 0 Å². The largest absolute Gasteiger partial charge is 0.441 e. The number of benzene rings is 2. The summed E-state index contributed by atoms with van der Waals surface area (Å²) in [4.78, 5) is 21.8. The summed E-state index contributed by atoms with van der Waals surface area (Å²) in [5, 5.41) is 0. The number of thiazole rings is 1. The molecule has 2 aromatic heterocycles. The molecule has 1 fully saturated rings. The van der Waals surface area contributed by atoms with Gasteiger partial charge in [-0.2, -0.15) is 0 Å². The number of aromatic nitrogens is 1. The molecular formula is C29H25N3O3S. The number of furan rings is 1. The number of aryl methyl sites for hydroxylation is 1. The van der Waals surface area contributed by atoms with Crippen molar-refractivity contribution in [2.75, 3.05) is 31.2 Å². The molecule has 2 aromatic carbocycles. The summed E-state index contributed by atoms with van der Waals surface area (Å²) >= 11 is 1.43. The van der Waals surface area contributed by atoms with Gasteiger partial charge in [-0.1, -0.05) is 65.9 Å². The van der Waals surface area contributed by atoms with Crippen LogP contribution in [-0.4, -0.2) is 30.9 Å². The number of hydrogen-bond donors (Lipinski definition) is 0. The molecule has 0 N–H and O–H groups in total. The van der Waals surface area contributed by atoms with Crippen LogP contribution in [-0.2, 0) is 11.2 Å². The van der Waals surface area contributed by atoms with Crippen LogP contribution < -0.4 is 19.8 Å². The second-order valence-corrected chi connectivity index (χ2v) is 10.3. The lowest BCUT2D eigenvalue weighted by Crippen LogP contribution is -2.38. The first kappa shape index (κ1) is 21.6. The van der Waals surface area contributed by atoms with Crippen molar-refractivity contribution in [2.45, 2.75) is 18.9 Å². The topological polar surface area (TPSA) is 60.0 Å². The minimum absolute atomic E-state index is 0.0256. The molecule has 0 amide bonds. The van der Waals surface area contributed by atoms with E-state index in [9.17, 15) is 4.79 Å². The number of rotatable bonds is 3. The third-order valence-corrected chi connectivity index (χ3v) is 8.18. The van der Waals surface area contributed by atoms with E-state index in [0.29, 0.717) is 23.5 Å². The number of anilines is 1. The molecule has 180 valence electrons. The number of ether oxygens (including phenoxy) is 1. The number of morpholine rings is 1. The first-order valence-corrected chi connectivity index (χ1v) is 13.2. The third-order valence-electron chi connectivity index (χ3n) is 7.20. The molecule has 3 aliphatic rings. The molecule has 1 aliphatic carbocycles. The second kappa shape index (κ2) is 8.76. The van der Waals surface area contributed by atoms with Crippen LogP contribution in [0.15, 0.2) is 86.5 Å². The Balaban J connectivity index is 1.38. The Morgan fingerprint density at radius 3 is 2.61 bits per heavy atom. The van der Waals surface area contributed by atoms with E-state index >= 15 is 0 Å². The molecule has 0 spiro atoms. The van der Waals surface area contributed by atoms with Crippen LogP contribution in [0.3, 0.4) is 0 Å². The lowest BCUT2D eigenvalue weighted by molar-refractivity contribution is 0.120. The van der Waals surface area contributed by atoms with Crippen molar-refractivity contribution in [3.05, 3.63) is 114 Å². The maximum Gasteiger partial charge on any atom is 0.271 e. The Hall–Kier alpha value is -3.68. The zero-order valence-electron chi connectivity index (χ0n) is 19.7. The van der Waals surface area contributed by atoms with Gasteiger partial charge in [-0.25, -0.2) is 4.99 Å². The van der Waals surface area contributed by atoms with E-state index in [-0.39, 0.29) is 11.6 Å². The van der Waals surface area contributed by atoms with Crippen LogP contribution in [0.25, 0.3) is 11.8 Å². The zero-order chi connectivity index (χ0) is 24.1. The van der Waals surface area contributed by atoms with Crippen molar-refractivity contribution in [3.63, 3.8) is 0 Å². The van der Waals surface area contributed by atoms with Crippen LogP contribution in [0.5, 0.6) is 0 Å². The summed E-state index contributed by atoms with van der Waals surface area (Å²) in [5.74, 6) is 1.48. The fourth-order valence-corrected chi connectivity index (χ4v) is 6.44. The second-order valence-electron chi connectivity index (χ2n) is 9.30. The first-order valence-electron chi connectivity index (χ1n) is 12.4. The normalized spacial score (nSPS) is 19.5. The van der Waals surface area contributed by atoms with E-state index in [1.807, 2.05) is 41.0 Å². The Kier molecular flexibility index (Phi) is 5.26. The van der Waals surface area contributed by atoms with Gasteiger partial charge in [0.25, 0.3) is 5.56 Å². The van der Waals surface area contributed by atoms with Crippen LogP contribution in [0.2, 0.25) is 0 Å². The predicted molar refractivity (Wildman–Crippen MR) is 141 cm³/mol. The quantitative estimate of drug-likeness (QED) is 0.435. The number of hydrogen-bond acceptors (Lipinski definition) is 6. The Labute approximate surface area is 212 Å². The predicted octanol–water partition coefficient (Wildman–Crippen LogP) is 3.75. The van der Waals surface area contributed by atoms with Gasteiger partial charge in [0.1, 0.15) is 5.76 Å². The van der Waals surface area contributed by atoms with E-state index in [1.54, 1.807) is 0 Å². The van der Waals surface area contributed by atoms with E-state index in [1.165, 1.54) is 28.0 Å². The Bertz CT molecular complexity index is 1660. The molecule has 1 atom stereocenters. The maximum absolute atomic E-state index is 13.8. The average molecular weight is 496 g/mol. The summed E-state index contributed by atoms with van der Waals surface area (Å²) < 4.78 is 14.1. The van der Waals surface area contributed by atoms with Gasteiger partial charge < -0.3 is 14.1 Å². The summed E-state index contributed by atoms with van der Waals surface area (Å²) in [6.45, 7) is 3.00. The van der Waals surface area contributed by atoms with Gasteiger partial charge in [0, 0.05) is 30.8 Å². The maximum atomic E-state index is 13.8. The zero-order valence-corrected chi connectivity index (χ0v) is 20.5. The van der Waals surface area contributed by atoms with E-state index in [4.69, 9.17) is 14.1 Å². The van der Waals surface area contributed by atoms with Gasteiger partial charge in [-0.05, 0) is 35.6 Å². The van der Waals surface area contributed by atoms with Crippen LogP contribution in [0.1, 0.15) is 34.9 Å². The van der Waals surface area contributed by atoms with Crippen LogP contribution in [0.4, 0.5) is 5.88 Å². The van der Waals surface area contributed by atoms with Gasteiger partial charge in [0.05, 0.1) is 29.5 Å². The number of allylic oxidation sites excluding steroid dienone is 1. The smallest absolute Gasteiger partial charge is 0.271 e. The van der Waals surface area contributed by atoms with Crippen molar-refractivity contribution >= 4 is 29.0 Å². The lowest BCUT2D eigenvalue weighted by atomic mass is 9.83. The van der Waals surface area contributed by atoms with Gasteiger partial charge in [0.15, 0.2) is 10.7 Å². The fraction of sp³-hybridized carbons (Fsp3) is 0.241. The van der Waals surface area contributed by atoms with Crippen molar-refractivity contribution in [3.8, 4) is 0 Å². The highest BCUT2D eigenvalue weighted by Gasteiger charge is 2.32. The molecule has 2 aliphatic heterocycles. The molecule has 4 aromatic rings. The standard InChI is InChI=1S/C29H25N3O3S/c33-28-24(18-21-11-13-25(35-21)31-14-16-34-17-15-31)36-29-30-26-22-9-5-4-6-19(22)10-12-23(26)27(32(28)29)20-7-2-1-3-8-20/h1-9,11,13,18,27H,10,12,14-17H2/b24-18-/t27-/m1/s1. The molecule has 0 unspecified atom stereocenters. The molecule has 0 bridgehead atoms. The average Bonchev–Trinajstić information content (AvgIpc) is 3.53. The molecule has 4 heterocycles. The molecule has 7 rings (SSSR count). The molecule has 6 nitrogen and oxygen atoms in total. The summed E-state index contributed by atoms with van der Waals surface area (Å²) in [7, 11) is 0. The highest BCUT2D eigenvalue weighted by atomic mass is 32.1. The monoisotopic (exact) mass is 495 g/mol. The minimum Gasteiger partial charge on any atom is -0.441 e. The lowest BCUT2D eigenvalue weighted by Gasteiger charge is -2.30. The number of nitrogens with zero attached hydrogens (tertiary/aromatic N) is 3. The van der Waals surface area contributed by atoms with E-state index in [2.05, 4.69) is 41.3 Å². The fourth-order valence-electron chi connectivity index (χ4n) is 5.46. The van der Waals surface area contributed by atoms with Gasteiger partial charge in [0.2, 0.25) is 0 Å². The third kappa shape index (κ3) is 3.58. The van der Waals surface area contributed by atoms with Crippen LogP contribution in [0, 0.1) is 0 Å². The number of fused-ring (bicyclic) bond motifs is 3. The van der Waals surface area contributed by atoms with Crippen molar-refractivity contribution < 1.29 is 9.15 Å².